The molecule has 0 aromatic carbocycles. The monoisotopic (exact) mass is 318 g/mol. The van der Waals surface area contributed by atoms with Gasteiger partial charge in [0.25, 0.3) is 5.91 Å². The van der Waals surface area contributed by atoms with Crippen molar-refractivity contribution in [2.75, 3.05) is 13.1 Å². The molecule has 1 aromatic rings. The van der Waals surface area contributed by atoms with E-state index in [-0.39, 0.29) is 24.4 Å². The van der Waals surface area contributed by atoms with Crippen molar-refractivity contribution in [2.45, 2.75) is 26.4 Å². The molecule has 0 aliphatic rings. The second-order valence-electron chi connectivity index (χ2n) is 5.22. The molecule has 0 atom stereocenters. The van der Waals surface area contributed by atoms with E-state index in [1.54, 1.807) is 0 Å². The van der Waals surface area contributed by atoms with Crippen LogP contribution in [0.2, 0.25) is 0 Å². The molecule has 0 saturated heterocycles. The zero-order valence-electron chi connectivity index (χ0n) is 12.2. The van der Waals surface area contributed by atoms with E-state index < -0.39 is 23.7 Å². The molecule has 1 N–H and O–H groups in total. The quantitative estimate of drug-likeness (QED) is 0.875. The molecule has 0 saturated carbocycles. The zero-order chi connectivity index (χ0) is 16.9. The van der Waals surface area contributed by atoms with Gasteiger partial charge in [0, 0.05) is 19.3 Å². The third-order valence-corrected chi connectivity index (χ3v) is 2.77. The van der Waals surface area contributed by atoms with Gasteiger partial charge in [-0.25, -0.2) is 0 Å². The summed E-state index contributed by atoms with van der Waals surface area (Å²) in [6.07, 6.45) is -3.94. The minimum atomic E-state index is -4.57. The number of amides is 1. The molecule has 1 heterocycles. The Kier molecular flexibility index (Phi) is 5.90. The van der Waals surface area contributed by atoms with Gasteiger partial charge < -0.3 is 10.0 Å². The van der Waals surface area contributed by atoms with E-state index in [9.17, 15) is 22.8 Å². The van der Waals surface area contributed by atoms with Gasteiger partial charge in [-0.15, -0.1) is 0 Å². The van der Waals surface area contributed by atoms with Crippen LogP contribution >= 0.6 is 0 Å². The Morgan fingerprint density at radius 3 is 2.36 bits per heavy atom. The molecule has 22 heavy (non-hydrogen) atoms. The van der Waals surface area contributed by atoms with Gasteiger partial charge in [-0.1, -0.05) is 13.8 Å². The van der Waals surface area contributed by atoms with Crippen molar-refractivity contribution in [1.82, 2.24) is 9.88 Å². The number of aromatic nitrogens is 1. The van der Waals surface area contributed by atoms with Crippen molar-refractivity contribution in [1.29, 1.82) is 0 Å². The number of hydrogen-bond acceptors (Lipinski definition) is 3. The second kappa shape index (κ2) is 7.24. The third kappa shape index (κ3) is 5.34. The molecule has 0 spiro atoms. The second-order valence-corrected chi connectivity index (χ2v) is 5.22. The number of aliphatic carboxylic acids is 1. The van der Waals surface area contributed by atoms with Crippen molar-refractivity contribution in [3.05, 3.63) is 29.6 Å². The van der Waals surface area contributed by atoms with Gasteiger partial charge in [-0.05, 0) is 18.1 Å². The molecule has 5 nitrogen and oxygen atoms in total. The first-order chi connectivity index (χ1) is 10.1. The van der Waals surface area contributed by atoms with Gasteiger partial charge in [-0.2, -0.15) is 13.2 Å². The number of halogens is 3. The number of carboxylic acids is 1. The number of carbonyl (C=O) groups excluding carboxylic acids is 1. The van der Waals surface area contributed by atoms with Gasteiger partial charge in [0.2, 0.25) is 0 Å². The molecular weight excluding hydrogens is 301 g/mol. The fourth-order valence-electron chi connectivity index (χ4n) is 1.82. The summed E-state index contributed by atoms with van der Waals surface area (Å²) in [5.41, 5.74) is -1.08. The van der Waals surface area contributed by atoms with Gasteiger partial charge in [0.15, 0.2) is 0 Å². The summed E-state index contributed by atoms with van der Waals surface area (Å²) in [5.74, 6) is -1.48. The first-order valence-corrected chi connectivity index (χ1v) is 6.65. The highest BCUT2D eigenvalue weighted by atomic mass is 19.4. The van der Waals surface area contributed by atoms with Crippen LogP contribution in [-0.4, -0.2) is 40.0 Å². The van der Waals surface area contributed by atoms with Crippen LogP contribution in [0.1, 0.15) is 36.3 Å². The van der Waals surface area contributed by atoms with E-state index >= 15 is 0 Å². The van der Waals surface area contributed by atoms with Gasteiger partial charge in [0.1, 0.15) is 5.69 Å². The SMILES string of the molecule is CC(C)CN(CCC(=O)O)C(=O)c1ccc(C(F)(F)F)nc1. The Morgan fingerprint density at radius 1 is 1.32 bits per heavy atom. The predicted molar refractivity (Wildman–Crippen MR) is 72.2 cm³/mol. The van der Waals surface area contributed by atoms with Crippen molar-refractivity contribution in [3.63, 3.8) is 0 Å². The van der Waals surface area contributed by atoms with Crippen LogP contribution in [0.5, 0.6) is 0 Å². The Balaban J connectivity index is 2.90. The minimum absolute atomic E-state index is 0.000890. The Labute approximate surface area is 125 Å². The molecule has 122 valence electrons. The minimum Gasteiger partial charge on any atom is -0.481 e. The van der Waals surface area contributed by atoms with Gasteiger partial charge in [0.05, 0.1) is 12.0 Å². The summed E-state index contributed by atoms with van der Waals surface area (Å²) >= 11 is 0. The number of rotatable bonds is 6. The molecule has 0 unspecified atom stereocenters. The van der Waals surface area contributed by atoms with Crippen LogP contribution in [-0.2, 0) is 11.0 Å². The number of carboxylic acid groups (broad SMARTS) is 1. The Bertz CT molecular complexity index is 527. The fourth-order valence-corrected chi connectivity index (χ4v) is 1.82. The van der Waals surface area contributed by atoms with E-state index in [1.165, 1.54) is 4.90 Å². The first kappa shape index (κ1) is 17.9. The van der Waals surface area contributed by atoms with E-state index in [0.29, 0.717) is 6.54 Å². The van der Waals surface area contributed by atoms with E-state index in [0.717, 1.165) is 18.3 Å². The van der Waals surface area contributed by atoms with Crippen LogP contribution in [0.15, 0.2) is 18.3 Å². The van der Waals surface area contributed by atoms with Crippen LogP contribution < -0.4 is 0 Å². The fraction of sp³-hybridized carbons (Fsp3) is 0.500. The molecule has 0 radical (unpaired) electrons. The first-order valence-electron chi connectivity index (χ1n) is 6.65. The van der Waals surface area contributed by atoms with E-state index in [2.05, 4.69) is 4.98 Å². The number of carbonyl (C=O) groups is 2. The zero-order valence-corrected chi connectivity index (χ0v) is 12.2. The molecule has 0 aliphatic heterocycles. The molecule has 0 aliphatic carbocycles. The molecule has 8 heteroatoms. The molecule has 1 aromatic heterocycles. The molecule has 1 rings (SSSR count). The molecule has 0 bridgehead atoms. The predicted octanol–water partition coefficient (Wildman–Crippen LogP) is 2.67. The lowest BCUT2D eigenvalue weighted by Gasteiger charge is -2.24. The lowest BCUT2D eigenvalue weighted by atomic mass is 10.1. The van der Waals surface area contributed by atoms with Crippen molar-refractivity contribution in [3.8, 4) is 0 Å². The smallest absolute Gasteiger partial charge is 0.433 e. The van der Waals surface area contributed by atoms with Crippen LogP contribution in [0, 0.1) is 5.92 Å². The van der Waals surface area contributed by atoms with Crippen LogP contribution in [0.4, 0.5) is 13.2 Å². The van der Waals surface area contributed by atoms with E-state index in [4.69, 9.17) is 5.11 Å². The average molecular weight is 318 g/mol. The number of pyridine rings is 1. The average Bonchev–Trinajstić information content (AvgIpc) is 2.41. The van der Waals surface area contributed by atoms with Gasteiger partial charge in [-0.3, -0.25) is 14.6 Å². The molecular formula is C14H17F3N2O3. The Hall–Kier alpha value is -2.12. The van der Waals surface area contributed by atoms with Crippen molar-refractivity contribution in [2.24, 2.45) is 5.92 Å². The summed E-state index contributed by atoms with van der Waals surface area (Å²) in [7, 11) is 0. The van der Waals surface area contributed by atoms with E-state index in [1.807, 2.05) is 13.8 Å². The Morgan fingerprint density at radius 2 is 1.95 bits per heavy atom. The summed E-state index contributed by atoms with van der Waals surface area (Å²) in [4.78, 5) is 27.4. The third-order valence-electron chi connectivity index (χ3n) is 2.77. The maximum atomic E-state index is 12.4. The lowest BCUT2D eigenvalue weighted by molar-refractivity contribution is -0.141. The topological polar surface area (TPSA) is 70.5 Å². The number of hydrogen-bond donors (Lipinski definition) is 1. The largest absolute Gasteiger partial charge is 0.481 e. The highest BCUT2D eigenvalue weighted by Crippen LogP contribution is 2.27. The standard InChI is InChI=1S/C14H17F3N2O3/c1-9(2)8-19(6-5-12(20)21)13(22)10-3-4-11(18-7-10)14(15,16)17/h3-4,7,9H,5-6,8H2,1-2H3,(H,20,21). The summed E-state index contributed by atoms with van der Waals surface area (Å²) < 4.78 is 37.3. The van der Waals surface area contributed by atoms with Crippen LogP contribution in [0.25, 0.3) is 0 Å². The van der Waals surface area contributed by atoms with Crippen LogP contribution in [0.3, 0.4) is 0 Å². The highest BCUT2D eigenvalue weighted by Gasteiger charge is 2.32. The number of alkyl halides is 3. The number of nitrogens with zero attached hydrogens (tertiary/aromatic N) is 2. The molecule has 0 fully saturated rings. The van der Waals surface area contributed by atoms with Crippen molar-refractivity contribution >= 4 is 11.9 Å². The summed E-state index contributed by atoms with van der Waals surface area (Å²) in [6, 6.07) is 1.78. The highest BCUT2D eigenvalue weighted by molar-refractivity contribution is 5.94. The molecule has 1 amide bonds. The summed E-state index contributed by atoms with van der Waals surface area (Å²) in [5, 5.41) is 8.70. The lowest BCUT2D eigenvalue weighted by Crippen LogP contribution is -2.36. The summed E-state index contributed by atoms with van der Waals surface area (Å²) in [6.45, 7) is 4.01. The van der Waals surface area contributed by atoms with Gasteiger partial charge >= 0.3 is 12.1 Å². The maximum absolute atomic E-state index is 12.4. The normalized spacial score (nSPS) is 11.5. The van der Waals surface area contributed by atoms with Crippen molar-refractivity contribution < 1.29 is 27.9 Å². The maximum Gasteiger partial charge on any atom is 0.433 e.